The van der Waals surface area contributed by atoms with Crippen LogP contribution in [0.25, 0.3) is 0 Å². The minimum atomic E-state index is -1.13. The molecule has 0 bridgehead atoms. The molecule has 0 aliphatic carbocycles. The predicted octanol–water partition coefficient (Wildman–Crippen LogP) is 2.35. The topological polar surface area (TPSA) is 38.3 Å². The van der Waals surface area contributed by atoms with Gasteiger partial charge in [-0.1, -0.05) is 13.0 Å². The fraction of sp³-hybridized carbons (Fsp3) is 0.462. The van der Waals surface area contributed by atoms with Crippen LogP contribution >= 0.6 is 0 Å². The Morgan fingerprint density at radius 3 is 2.39 bits per heavy atom. The van der Waals surface area contributed by atoms with E-state index in [1.807, 2.05) is 0 Å². The van der Waals surface area contributed by atoms with Gasteiger partial charge in [-0.3, -0.25) is 4.79 Å². The van der Waals surface area contributed by atoms with E-state index in [1.54, 1.807) is 13.8 Å². The van der Waals surface area contributed by atoms with E-state index in [2.05, 4.69) is 10.1 Å². The van der Waals surface area contributed by atoms with Crippen LogP contribution in [0.4, 0.5) is 8.78 Å². The van der Waals surface area contributed by atoms with E-state index < -0.39 is 23.1 Å². The maximum atomic E-state index is 13.8. The van der Waals surface area contributed by atoms with E-state index in [0.29, 0.717) is 6.54 Å². The molecule has 1 unspecified atom stereocenters. The van der Waals surface area contributed by atoms with Gasteiger partial charge in [-0.2, -0.15) is 0 Å². The van der Waals surface area contributed by atoms with Gasteiger partial charge in [-0.05, 0) is 25.6 Å². The van der Waals surface area contributed by atoms with Crippen LogP contribution in [0, 0.1) is 11.6 Å². The number of ether oxygens (including phenoxy) is 1. The number of esters is 1. The zero-order valence-corrected chi connectivity index (χ0v) is 10.7. The van der Waals surface area contributed by atoms with E-state index >= 15 is 0 Å². The molecule has 0 aliphatic heterocycles. The SMILES string of the molecule is CCNC(C)(CC(=O)OC)c1c(F)cccc1F. The van der Waals surface area contributed by atoms with Gasteiger partial charge in [0.15, 0.2) is 0 Å². The van der Waals surface area contributed by atoms with Crippen LogP contribution in [0.1, 0.15) is 25.8 Å². The second-order valence-corrected chi connectivity index (χ2v) is 4.21. The lowest BCUT2D eigenvalue weighted by Gasteiger charge is -2.30. The molecule has 1 atom stereocenters. The van der Waals surface area contributed by atoms with E-state index in [9.17, 15) is 13.6 Å². The highest BCUT2D eigenvalue weighted by Crippen LogP contribution is 2.29. The van der Waals surface area contributed by atoms with Crippen LogP contribution in [0.2, 0.25) is 0 Å². The number of benzene rings is 1. The van der Waals surface area contributed by atoms with Gasteiger partial charge in [0, 0.05) is 5.56 Å². The number of hydrogen-bond donors (Lipinski definition) is 1. The Kier molecular flexibility index (Phi) is 4.78. The van der Waals surface area contributed by atoms with Crippen LogP contribution < -0.4 is 5.32 Å². The van der Waals surface area contributed by atoms with E-state index in [0.717, 1.165) is 0 Å². The lowest BCUT2D eigenvalue weighted by Crippen LogP contribution is -2.43. The summed E-state index contributed by atoms with van der Waals surface area (Å²) in [7, 11) is 1.24. The number of hydrogen-bond acceptors (Lipinski definition) is 3. The van der Waals surface area contributed by atoms with Crippen molar-refractivity contribution in [1.29, 1.82) is 0 Å². The molecule has 0 heterocycles. The molecule has 1 aromatic carbocycles. The molecule has 5 heteroatoms. The summed E-state index contributed by atoms with van der Waals surface area (Å²) in [6.07, 6.45) is -0.144. The molecule has 1 aromatic rings. The molecule has 0 aromatic heterocycles. The van der Waals surface area contributed by atoms with Gasteiger partial charge in [0.05, 0.1) is 19.1 Å². The third-order valence-corrected chi connectivity index (χ3v) is 2.81. The van der Waals surface area contributed by atoms with Crippen molar-refractivity contribution in [2.24, 2.45) is 0 Å². The number of carbonyl (C=O) groups is 1. The lowest BCUT2D eigenvalue weighted by atomic mass is 9.87. The highest BCUT2D eigenvalue weighted by molar-refractivity contribution is 5.71. The highest BCUT2D eigenvalue weighted by Gasteiger charge is 2.34. The summed E-state index contributed by atoms with van der Waals surface area (Å²) in [6, 6.07) is 3.63. The average molecular weight is 257 g/mol. The number of carbonyl (C=O) groups excluding carboxylic acids is 1. The molecule has 0 aliphatic rings. The second-order valence-electron chi connectivity index (χ2n) is 4.21. The Bertz CT molecular complexity index is 417. The van der Waals surface area contributed by atoms with Gasteiger partial charge in [0.25, 0.3) is 0 Å². The standard InChI is InChI=1S/C13H17F2NO2/c1-4-16-13(2,8-11(17)18-3)12-9(14)6-5-7-10(12)15/h5-7,16H,4,8H2,1-3H3. The molecule has 0 saturated heterocycles. The zero-order valence-electron chi connectivity index (χ0n) is 10.7. The molecule has 1 N–H and O–H groups in total. The molecule has 0 amide bonds. The van der Waals surface area contributed by atoms with E-state index in [4.69, 9.17) is 0 Å². The first-order chi connectivity index (χ1) is 8.44. The summed E-state index contributed by atoms with van der Waals surface area (Å²) >= 11 is 0. The number of methoxy groups -OCH3 is 1. The lowest BCUT2D eigenvalue weighted by molar-refractivity contribution is -0.142. The Hall–Kier alpha value is -1.49. The average Bonchev–Trinajstić information content (AvgIpc) is 2.28. The number of nitrogens with one attached hydrogen (secondary N) is 1. The molecule has 0 saturated carbocycles. The van der Waals surface area contributed by atoms with Gasteiger partial charge in [0.1, 0.15) is 11.6 Å². The van der Waals surface area contributed by atoms with Gasteiger partial charge in [-0.15, -0.1) is 0 Å². The van der Waals surface area contributed by atoms with Crippen molar-refractivity contribution < 1.29 is 18.3 Å². The molecule has 0 fully saturated rings. The van der Waals surface area contributed by atoms with Crippen molar-refractivity contribution in [3.63, 3.8) is 0 Å². The minimum absolute atomic E-state index is 0.141. The first kappa shape index (κ1) is 14.6. The first-order valence-electron chi connectivity index (χ1n) is 5.71. The third-order valence-electron chi connectivity index (χ3n) is 2.81. The Morgan fingerprint density at radius 1 is 1.39 bits per heavy atom. The Morgan fingerprint density at radius 2 is 1.94 bits per heavy atom. The molecule has 100 valence electrons. The largest absolute Gasteiger partial charge is 0.469 e. The summed E-state index contributed by atoms with van der Waals surface area (Å²) in [5.74, 6) is -1.88. The van der Waals surface area contributed by atoms with Crippen molar-refractivity contribution in [2.45, 2.75) is 25.8 Å². The zero-order chi connectivity index (χ0) is 13.8. The molecule has 18 heavy (non-hydrogen) atoms. The normalized spacial score (nSPS) is 14.1. The molecule has 1 rings (SSSR count). The van der Waals surface area contributed by atoms with Crippen LogP contribution in [-0.4, -0.2) is 19.6 Å². The van der Waals surface area contributed by atoms with Crippen LogP contribution in [0.15, 0.2) is 18.2 Å². The smallest absolute Gasteiger partial charge is 0.307 e. The highest BCUT2D eigenvalue weighted by atomic mass is 19.1. The van der Waals surface area contributed by atoms with Gasteiger partial charge in [0.2, 0.25) is 0 Å². The van der Waals surface area contributed by atoms with Crippen molar-refractivity contribution in [1.82, 2.24) is 5.32 Å². The maximum absolute atomic E-state index is 13.8. The maximum Gasteiger partial charge on any atom is 0.307 e. The van der Waals surface area contributed by atoms with Gasteiger partial charge < -0.3 is 10.1 Å². The fourth-order valence-electron chi connectivity index (χ4n) is 2.02. The van der Waals surface area contributed by atoms with Crippen molar-refractivity contribution in [2.75, 3.05) is 13.7 Å². The molecule has 0 radical (unpaired) electrons. The van der Waals surface area contributed by atoms with Crippen LogP contribution in [0.3, 0.4) is 0 Å². The minimum Gasteiger partial charge on any atom is -0.469 e. The molecular formula is C13H17F2NO2. The summed E-state index contributed by atoms with van der Waals surface area (Å²) in [6.45, 7) is 3.85. The molecule has 0 spiro atoms. The second kappa shape index (κ2) is 5.91. The van der Waals surface area contributed by atoms with Gasteiger partial charge >= 0.3 is 5.97 Å². The fourth-order valence-corrected chi connectivity index (χ4v) is 2.02. The van der Waals surface area contributed by atoms with Crippen molar-refractivity contribution in [3.05, 3.63) is 35.4 Å². The van der Waals surface area contributed by atoms with Gasteiger partial charge in [-0.25, -0.2) is 8.78 Å². The predicted molar refractivity (Wildman–Crippen MR) is 64.0 cm³/mol. The van der Waals surface area contributed by atoms with Crippen molar-refractivity contribution in [3.8, 4) is 0 Å². The number of rotatable bonds is 5. The summed E-state index contributed by atoms with van der Waals surface area (Å²) in [4.78, 5) is 11.4. The summed E-state index contributed by atoms with van der Waals surface area (Å²) in [5.41, 5.74) is -1.27. The van der Waals surface area contributed by atoms with Crippen molar-refractivity contribution >= 4 is 5.97 Å². The summed E-state index contributed by atoms with van der Waals surface area (Å²) < 4.78 is 32.2. The molecular weight excluding hydrogens is 240 g/mol. The first-order valence-corrected chi connectivity index (χ1v) is 5.71. The number of halogens is 2. The van der Waals surface area contributed by atoms with Crippen LogP contribution in [-0.2, 0) is 15.1 Å². The summed E-state index contributed by atoms with van der Waals surface area (Å²) in [5, 5.41) is 2.94. The Labute approximate surface area is 105 Å². The van der Waals surface area contributed by atoms with Crippen LogP contribution in [0.5, 0.6) is 0 Å². The molecule has 3 nitrogen and oxygen atoms in total. The Balaban J connectivity index is 3.22. The monoisotopic (exact) mass is 257 g/mol. The van der Waals surface area contributed by atoms with E-state index in [-0.39, 0.29) is 12.0 Å². The third kappa shape index (κ3) is 3.04. The van der Waals surface area contributed by atoms with E-state index in [1.165, 1.54) is 25.3 Å². The quantitative estimate of drug-likeness (QED) is 0.823.